The van der Waals surface area contributed by atoms with E-state index in [1.54, 1.807) is 6.07 Å². The van der Waals surface area contributed by atoms with Gasteiger partial charge in [0.25, 0.3) is 0 Å². The minimum Gasteiger partial charge on any atom is -0.490 e. The van der Waals surface area contributed by atoms with E-state index < -0.39 is 0 Å². The molecule has 1 aliphatic heterocycles. The van der Waals surface area contributed by atoms with Gasteiger partial charge in [-0.1, -0.05) is 0 Å². The summed E-state index contributed by atoms with van der Waals surface area (Å²) in [5, 5.41) is 4.49. The van der Waals surface area contributed by atoms with Crippen LogP contribution in [0.15, 0.2) is 39.5 Å². The van der Waals surface area contributed by atoms with Crippen LogP contribution in [0.5, 0.6) is 5.75 Å². The van der Waals surface area contributed by atoms with Gasteiger partial charge in [0.05, 0.1) is 0 Å². The third kappa shape index (κ3) is 2.68. The van der Waals surface area contributed by atoms with E-state index in [-0.39, 0.29) is 11.7 Å². The van der Waals surface area contributed by atoms with Crippen LogP contribution in [0.25, 0.3) is 11.0 Å². The molecule has 3 atom stereocenters. The molecule has 21 heavy (non-hydrogen) atoms. The summed E-state index contributed by atoms with van der Waals surface area (Å²) in [7, 11) is 0. The van der Waals surface area contributed by atoms with Crippen molar-refractivity contribution in [2.75, 3.05) is 6.54 Å². The Labute approximate surface area is 123 Å². The molecule has 2 fully saturated rings. The molecule has 0 spiro atoms. The van der Waals surface area contributed by atoms with E-state index in [1.807, 2.05) is 18.2 Å². The molecule has 1 aliphatic carbocycles. The van der Waals surface area contributed by atoms with E-state index in [4.69, 9.17) is 9.15 Å². The van der Waals surface area contributed by atoms with Gasteiger partial charge in [-0.15, -0.1) is 0 Å². The van der Waals surface area contributed by atoms with Crippen molar-refractivity contribution in [3.8, 4) is 5.75 Å². The Bertz CT molecular complexity index is 708. The van der Waals surface area contributed by atoms with Crippen molar-refractivity contribution < 1.29 is 9.15 Å². The Balaban J connectivity index is 1.55. The van der Waals surface area contributed by atoms with Gasteiger partial charge in [-0.25, -0.2) is 4.79 Å². The monoisotopic (exact) mass is 285 g/mol. The normalized spacial score (nSPS) is 28.5. The van der Waals surface area contributed by atoms with Crippen LogP contribution in [0.3, 0.4) is 0 Å². The molecular weight excluding hydrogens is 266 g/mol. The molecular formula is C17H19NO3. The number of ether oxygens (including phenoxy) is 1. The highest BCUT2D eigenvalue weighted by Gasteiger charge is 2.31. The molecule has 2 heterocycles. The molecule has 4 nitrogen and oxygen atoms in total. The van der Waals surface area contributed by atoms with Crippen LogP contribution in [-0.2, 0) is 0 Å². The molecule has 4 rings (SSSR count). The zero-order valence-corrected chi connectivity index (χ0v) is 11.9. The third-order valence-corrected chi connectivity index (χ3v) is 4.65. The van der Waals surface area contributed by atoms with E-state index in [1.165, 1.54) is 25.5 Å². The highest BCUT2D eigenvalue weighted by molar-refractivity contribution is 5.77. The first-order chi connectivity index (χ1) is 10.3. The van der Waals surface area contributed by atoms with Gasteiger partial charge in [-0.3, -0.25) is 0 Å². The van der Waals surface area contributed by atoms with Crippen molar-refractivity contribution in [3.05, 3.63) is 40.8 Å². The second kappa shape index (κ2) is 5.19. The molecule has 0 radical (unpaired) electrons. The van der Waals surface area contributed by atoms with Crippen LogP contribution in [0, 0.1) is 5.92 Å². The summed E-state index contributed by atoms with van der Waals surface area (Å²) < 4.78 is 11.4. The summed E-state index contributed by atoms with van der Waals surface area (Å²) in [6, 6.07) is 9.54. The van der Waals surface area contributed by atoms with Gasteiger partial charge < -0.3 is 14.5 Å². The number of rotatable bonds is 2. The smallest absolute Gasteiger partial charge is 0.336 e. The van der Waals surface area contributed by atoms with Crippen molar-refractivity contribution in [3.63, 3.8) is 0 Å². The van der Waals surface area contributed by atoms with Crippen LogP contribution in [-0.4, -0.2) is 18.7 Å². The van der Waals surface area contributed by atoms with Gasteiger partial charge in [0.15, 0.2) is 0 Å². The van der Waals surface area contributed by atoms with E-state index in [0.29, 0.717) is 11.6 Å². The Morgan fingerprint density at radius 2 is 2.05 bits per heavy atom. The SMILES string of the molecule is O=c1ccc2ccc(O[C@@H]3CCC4CN[C@@H](C4)C3)cc2o1. The quantitative estimate of drug-likeness (QED) is 0.862. The molecule has 1 unspecified atom stereocenters. The Morgan fingerprint density at radius 1 is 1.14 bits per heavy atom. The predicted molar refractivity (Wildman–Crippen MR) is 80.6 cm³/mol. The molecule has 1 saturated heterocycles. The van der Waals surface area contributed by atoms with Gasteiger partial charge in [-0.05, 0) is 56.3 Å². The first kappa shape index (κ1) is 12.9. The van der Waals surface area contributed by atoms with Gasteiger partial charge in [0.2, 0.25) is 0 Å². The first-order valence-corrected chi connectivity index (χ1v) is 7.70. The lowest BCUT2D eigenvalue weighted by Crippen LogP contribution is -2.30. The largest absolute Gasteiger partial charge is 0.490 e. The lowest BCUT2D eigenvalue weighted by Gasteiger charge is -2.22. The van der Waals surface area contributed by atoms with Gasteiger partial charge in [0.1, 0.15) is 17.4 Å². The second-order valence-electron chi connectivity index (χ2n) is 6.21. The summed E-state index contributed by atoms with van der Waals surface area (Å²) in [5.41, 5.74) is 0.267. The van der Waals surface area contributed by atoms with E-state index >= 15 is 0 Å². The minimum absolute atomic E-state index is 0.251. The van der Waals surface area contributed by atoms with Crippen LogP contribution in [0.1, 0.15) is 25.7 Å². The van der Waals surface area contributed by atoms with Crippen LogP contribution >= 0.6 is 0 Å². The molecule has 1 aromatic heterocycles. The van der Waals surface area contributed by atoms with Crippen molar-refractivity contribution >= 4 is 11.0 Å². The molecule has 2 aromatic rings. The molecule has 4 heteroatoms. The zero-order valence-electron chi connectivity index (χ0n) is 11.9. The van der Waals surface area contributed by atoms with Crippen LogP contribution < -0.4 is 15.7 Å². The maximum Gasteiger partial charge on any atom is 0.336 e. The number of fused-ring (bicyclic) bond motifs is 3. The number of hydrogen-bond acceptors (Lipinski definition) is 4. The van der Waals surface area contributed by atoms with Gasteiger partial charge in [-0.2, -0.15) is 0 Å². The van der Waals surface area contributed by atoms with E-state index in [0.717, 1.165) is 29.9 Å². The number of benzene rings is 1. The third-order valence-electron chi connectivity index (χ3n) is 4.65. The van der Waals surface area contributed by atoms with Gasteiger partial charge >= 0.3 is 5.63 Å². The fourth-order valence-corrected chi connectivity index (χ4v) is 3.57. The Morgan fingerprint density at radius 3 is 3.00 bits per heavy atom. The summed E-state index contributed by atoms with van der Waals surface area (Å²) >= 11 is 0. The van der Waals surface area contributed by atoms with Gasteiger partial charge in [0, 0.05) is 23.6 Å². The first-order valence-electron chi connectivity index (χ1n) is 7.70. The van der Waals surface area contributed by atoms with Crippen LogP contribution in [0.2, 0.25) is 0 Å². The summed E-state index contributed by atoms with van der Waals surface area (Å²) in [4.78, 5) is 11.3. The Hall–Kier alpha value is -1.81. The molecule has 2 aliphatic rings. The molecule has 1 aromatic carbocycles. The van der Waals surface area contributed by atoms with Crippen molar-refractivity contribution in [1.29, 1.82) is 0 Å². The molecule has 0 amide bonds. The highest BCUT2D eigenvalue weighted by atomic mass is 16.5. The van der Waals surface area contributed by atoms with Crippen molar-refractivity contribution in [2.45, 2.75) is 37.8 Å². The zero-order chi connectivity index (χ0) is 14.2. The van der Waals surface area contributed by atoms with Crippen LogP contribution in [0.4, 0.5) is 0 Å². The average molecular weight is 285 g/mol. The topological polar surface area (TPSA) is 51.5 Å². The minimum atomic E-state index is -0.323. The fourth-order valence-electron chi connectivity index (χ4n) is 3.57. The second-order valence-corrected chi connectivity index (χ2v) is 6.21. The summed E-state index contributed by atoms with van der Waals surface area (Å²) in [5.74, 6) is 1.61. The van der Waals surface area contributed by atoms with E-state index in [9.17, 15) is 4.79 Å². The number of hydrogen-bond donors (Lipinski definition) is 1. The van der Waals surface area contributed by atoms with Crippen molar-refractivity contribution in [1.82, 2.24) is 5.32 Å². The molecule has 2 bridgehead atoms. The number of nitrogens with one attached hydrogen (secondary N) is 1. The molecule has 110 valence electrons. The fraction of sp³-hybridized carbons (Fsp3) is 0.471. The summed E-state index contributed by atoms with van der Waals surface area (Å²) in [6.07, 6.45) is 4.94. The molecule has 1 N–H and O–H groups in total. The lowest BCUT2D eigenvalue weighted by atomic mass is 10.0. The lowest BCUT2D eigenvalue weighted by molar-refractivity contribution is 0.168. The predicted octanol–water partition coefficient (Wildman–Crippen LogP) is 2.70. The summed E-state index contributed by atoms with van der Waals surface area (Å²) in [6.45, 7) is 1.17. The average Bonchev–Trinajstić information content (AvgIpc) is 2.81. The maximum absolute atomic E-state index is 11.3. The maximum atomic E-state index is 11.3. The Kier molecular flexibility index (Phi) is 3.19. The van der Waals surface area contributed by atoms with Crippen molar-refractivity contribution in [2.24, 2.45) is 5.92 Å². The molecule has 1 saturated carbocycles. The van der Waals surface area contributed by atoms with E-state index in [2.05, 4.69) is 5.32 Å². The standard InChI is InChI=1S/C17H19NO3/c19-17-6-3-12-2-5-15(9-16(12)21-17)20-14-4-1-11-7-13(8-14)18-10-11/h2-3,5-6,9,11,13-14,18H,1,4,7-8,10H2/t11?,13-,14+/m0/s1. The highest BCUT2D eigenvalue weighted by Crippen LogP contribution is 2.31.